The fourth-order valence-corrected chi connectivity index (χ4v) is 1.92. The molecular formula is C14H24N2O. The molecular weight excluding hydrogens is 212 g/mol. The van der Waals surface area contributed by atoms with Gasteiger partial charge in [-0.2, -0.15) is 0 Å². The van der Waals surface area contributed by atoms with E-state index >= 15 is 0 Å². The highest BCUT2D eigenvalue weighted by Crippen LogP contribution is 2.21. The second-order valence-electron chi connectivity index (χ2n) is 4.09. The maximum atomic E-state index is 5.44. The lowest BCUT2D eigenvalue weighted by molar-refractivity contribution is 0.340. The number of hydrogen-bond acceptors (Lipinski definition) is 3. The minimum Gasteiger partial charge on any atom is -0.494 e. The second-order valence-corrected chi connectivity index (χ2v) is 4.09. The summed E-state index contributed by atoms with van der Waals surface area (Å²) in [5.74, 6) is 0.946. The molecule has 2 N–H and O–H groups in total. The van der Waals surface area contributed by atoms with E-state index in [0.717, 1.165) is 25.3 Å². The SMILES string of the molecule is CCOc1ccc(C(CCCNC)NC)cc1. The number of benzene rings is 1. The first-order chi connectivity index (χ1) is 8.31. The summed E-state index contributed by atoms with van der Waals surface area (Å²) in [6.45, 7) is 3.79. The largest absolute Gasteiger partial charge is 0.494 e. The van der Waals surface area contributed by atoms with Crippen molar-refractivity contribution in [3.05, 3.63) is 29.8 Å². The van der Waals surface area contributed by atoms with E-state index in [1.54, 1.807) is 0 Å². The minimum absolute atomic E-state index is 0.430. The van der Waals surface area contributed by atoms with Crippen molar-refractivity contribution in [2.24, 2.45) is 0 Å². The Hall–Kier alpha value is -1.06. The summed E-state index contributed by atoms with van der Waals surface area (Å²) in [6.07, 6.45) is 2.32. The number of rotatable bonds is 8. The lowest BCUT2D eigenvalue weighted by Crippen LogP contribution is -2.18. The van der Waals surface area contributed by atoms with Crippen LogP contribution in [0.3, 0.4) is 0 Å². The van der Waals surface area contributed by atoms with Gasteiger partial charge in [0.15, 0.2) is 0 Å². The van der Waals surface area contributed by atoms with E-state index in [1.165, 1.54) is 12.0 Å². The van der Waals surface area contributed by atoms with Gasteiger partial charge in [0.25, 0.3) is 0 Å². The molecule has 0 heterocycles. The molecule has 17 heavy (non-hydrogen) atoms. The van der Waals surface area contributed by atoms with E-state index in [2.05, 4.69) is 22.8 Å². The molecule has 0 saturated heterocycles. The van der Waals surface area contributed by atoms with E-state index < -0.39 is 0 Å². The summed E-state index contributed by atoms with van der Waals surface area (Å²) < 4.78 is 5.44. The van der Waals surface area contributed by atoms with E-state index in [0.29, 0.717) is 6.04 Å². The minimum atomic E-state index is 0.430. The van der Waals surface area contributed by atoms with Crippen molar-refractivity contribution in [1.29, 1.82) is 0 Å². The van der Waals surface area contributed by atoms with Crippen molar-refractivity contribution in [3.8, 4) is 5.75 Å². The lowest BCUT2D eigenvalue weighted by Gasteiger charge is -2.17. The van der Waals surface area contributed by atoms with Crippen molar-refractivity contribution in [2.45, 2.75) is 25.8 Å². The second kappa shape index (κ2) is 8.09. The predicted octanol–water partition coefficient (Wildman–Crippen LogP) is 2.35. The molecule has 96 valence electrons. The van der Waals surface area contributed by atoms with Crippen molar-refractivity contribution in [3.63, 3.8) is 0 Å². The third kappa shape index (κ3) is 4.75. The summed E-state index contributed by atoms with van der Waals surface area (Å²) in [5.41, 5.74) is 1.33. The normalized spacial score (nSPS) is 12.4. The lowest BCUT2D eigenvalue weighted by atomic mass is 10.0. The Bertz CT molecular complexity index is 298. The average molecular weight is 236 g/mol. The van der Waals surface area contributed by atoms with E-state index in [9.17, 15) is 0 Å². The van der Waals surface area contributed by atoms with Crippen LogP contribution in [0, 0.1) is 0 Å². The molecule has 0 aliphatic rings. The molecule has 0 radical (unpaired) electrons. The van der Waals surface area contributed by atoms with E-state index in [4.69, 9.17) is 4.74 Å². The highest BCUT2D eigenvalue weighted by Gasteiger charge is 2.08. The molecule has 0 aromatic heterocycles. The van der Waals surface area contributed by atoms with Gasteiger partial charge < -0.3 is 15.4 Å². The zero-order valence-corrected chi connectivity index (χ0v) is 11.1. The van der Waals surface area contributed by atoms with E-state index in [-0.39, 0.29) is 0 Å². The van der Waals surface area contributed by atoms with Gasteiger partial charge in [-0.3, -0.25) is 0 Å². The smallest absolute Gasteiger partial charge is 0.119 e. The Morgan fingerprint density at radius 1 is 1.18 bits per heavy atom. The Morgan fingerprint density at radius 3 is 2.41 bits per heavy atom. The van der Waals surface area contributed by atoms with Gasteiger partial charge >= 0.3 is 0 Å². The van der Waals surface area contributed by atoms with Crippen molar-refractivity contribution >= 4 is 0 Å². The molecule has 3 heteroatoms. The first-order valence-electron chi connectivity index (χ1n) is 6.36. The fourth-order valence-electron chi connectivity index (χ4n) is 1.92. The number of hydrogen-bond donors (Lipinski definition) is 2. The summed E-state index contributed by atoms with van der Waals surface area (Å²) in [7, 11) is 4.01. The third-order valence-electron chi connectivity index (χ3n) is 2.86. The van der Waals surface area contributed by atoms with Crippen LogP contribution in [-0.4, -0.2) is 27.2 Å². The zero-order valence-electron chi connectivity index (χ0n) is 11.1. The van der Waals surface area contributed by atoms with Gasteiger partial charge in [-0.25, -0.2) is 0 Å². The molecule has 1 unspecified atom stereocenters. The van der Waals surface area contributed by atoms with Crippen LogP contribution in [0.1, 0.15) is 31.4 Å². The third-order valence-corrected chi connectivity index (χ3v) is 2.86. The quantitative estimate of drug-likeness (QED) is 0.680. The summed E-state index contributed by atoms with van der Waals surface area (Å²) in [4.78, 5) is 0. The van der Waals surface area contributed by atoms with Gasteiger partial charge in [-0.15, -0.1) is 0 Å². The van der Waals surface area contributed by atoms with Crippen LogP contribution in [0.15, 0.2) is 24.3 Å². The van der Waals surface area contributed by atoms with Crippen LogP contribution in [0.25, 0.3) is 0 Å². The van der Waals surface area contributed by atoms with Gasteiger partial charge in [0, 0.05) is 6.04 Å². The topological polar surface area (TPSA) is 33.3 Å². The molecule has 0 bridgehead atoms. The maximum Gasteiger partial charge on any atom is 0.119 e. The highest BCUT2D eigenvalue weighted by molar-refractivity contribution is 5.29. The molecule has 0 fully saturated rings. The van der Waals surface area contributed by atoms with Gasteiger partial charge in [0.05, 0.1) is 6.61 Å². The van der Waals surface area contributed by atoms with Crippen molar-refractivity contribution < 1.29 is 4.74 Å². The highest BCUT2D eigenvalue weighted by atomic mass is 16.5. The summed E-state index contributed by atoms with van der Waals surface area (Å²) >= 11 is 0. The van der Waals surface area contributed by atoms with Crippen LogP contribution in [0.5, 0.6) is 5.75 Å². The van der Waals surface area contributed by atoms with Crippen molar-refractivity contribution in [1.82, 2.24) is 10.6 Å². The molecule has 1 atom stereocenters. The molecule has 1 aromatic rings. The average Bonchev–Trinajstić information content (AvgIpc) is 2.36. The molecule has 0 spiro atoms. The molecule has 0 aliphatic heterocycles. The van der Waals surface area contributed by atoms with Gasteiger partial charge in [0.2, 0.25) is 0 Å². The Labute approximate surface area is 105 Å². The number of nitrogens with one attached hydrogen (secondary N) is 2. The van der Waals surface area contributed by atoms with Crippen LogP contribution >= 0.6 is 0 Å². The van der Waals surface area contributed by atoms with Crippen LogP contribution < -0.4 is 15.4 Å². The fraction of sp³-hybridized carbons (Fsp3) is 0.571. The monoisotopic (exact) mass is 236 g/mol. The van der Waals surface area contributed by atoms with E-state index in [1.807, 2.05) is 33.2 Å². The molecule has 0 saturated carbocycles. The maximum absolute atomic E-state index is 5.44. The Morgan fingerprint density at radius 2 is 1.88 bits per heavy atom. The van der Waals surface area contributed by atoms with Gasteiger partial charge in [-0.1, -0.05) is 12.1 Å². The number of ether oxygens (including phenoxy) is 1. The van der Waals surface area contributed by atoms with Crippen molar-refractivity contribution in [2.75, 3.05) is 27.2 Å². The van der Waals surface area contributed by atoms with Crippen LogP contribution in [-0.2, 0) is 0 Å². The first kappa shape index (κ1) is 14.0. The Kier molecular flexibility index (Phi) is 6.67. The van der Waals surface area contributed by atoms with Gasteiger partial charge in [-0.05, 0) is 58.1 Å². The molecule has 0 amide bonds. The van der Waals surface area contributed by atoms with Crippen LogP contribution in [0.4, 0.5) is 0 Å². The molecule has 1 aromatic carbocycles. The summed E-state index contributed by atoms with van der Waals surface area (Å²) in [6, 6.07) is 8.80. The predicted molar refractivity (Wildman–Crippen MR) is 72.6 cm³/mol. The van der Waals surface area contributed by atoms with Crippen LogP contribution in [0.2, 0.25) is 0 Å². The first-order valence-corrected chi connectivity index (χ1v) is 6.36. The molecule has 0 aliphatic carbocycles. The standard InChI is InChI=1S/C14H24N2O/c1-4-17-13-9-7-12(8-10-13)14(16-3)6-5-11-15-2/h7-10,14-16H,4-6,11H2,1-3H3. The van der Waals surface area contributed by atoms with Gasteiger partial charge in [0.1, 0.15) is 5.75 Å². The molecule has 1 rings (SSSR count). The zero-order chi connectivity index (χ0) is 12.5. The Balaban J connectivity index is 2.55. The molecule has 3 nitrogen and oxygen atoms in total. The summed E-state index contributed by atoms with van der Waals surface area (Å²) in [5, 5.41) is 6.54.